The highest BCUT2D eigenvalue weighted by Crippen LogP contribution is 2.30. The number of nitrogens with one attached hydrogen (secondary N) is 2. The van der Waals surface area contributed by atoms with Gasteiger partial charge in [0.1, 0.15) is 6.04 Å². The van der Waals surface area contributed by atoms with Gasteiger partial charge in [-0.25, -0.2) is 0 Å². The van der Waals surface area contributed by atoms with E-state index in [-0.39, 0.29) is 24.4 Å². The lowest BCUT2D eigenvalue weighted by Crippen LogP contribution is -2.54. The second-order valence-electron chi connectivity index (χ2n) is 7.55. The van der Waals surface area contributed by atoms with Gasteiger partial charge in [0.25, 0.3) is 11.8 Å². The third-order valence-corrected chi connectivity index (χ3v) is 5.45. The number of carbonyl (C=O) groups excluding carboxylic acids is 4. The van der Waals surface area contributed by atoms with E-state index >= 15 is 0 Å². The maximum atomic E-state index is 13.1. The maximum absolute atomic E-state index is 13.1. The molecular formula is C22H22N4O4. The zero-order valence-corrected chi connectivity index (χ0v) is 16.5. The van der Waals surface area contributed by atoms with Crippen molar-refractivity contribution in [2.75, 3.05) is 5.32 Å². The highest BCUT2D eigenvalue weighted by molar-refractivity contribution is 6.24. The van der Waals surface area contributed by atoms with Gasteiger partial charge in [0.15, 0.2) is 0 Å². The quantitative estimate of drug-likeness (QED) is 0.650. The lowest BCUT2D eigenvalue weighted by atomic mass is 10.0. The summed E-state index contributed by atoms with van der Waals surface area (Å²) in [5, 5.41) is 5.47. The van der Waals surface area contributed by atoms with Gasteiger partial charge in [0.2, 0.25) is 11.8 Å². The van der Waals surface area contributed by atoms with E-state index in [2.05, 4.69) is 10.6 Å². The molecule has 2 aromatic rings. The average Bonchev–Trinajstić information content (AvgIpc) is 2.98. The largest absolute Gasteiger partial charge is 0.381 e. The molecule has 4 N–H and O–H groups in total. The van der Waals surface area contributed by atoms with Crippen LogP contribution in [0.4, 0.5) is 5.69 Å². The molecule has 2 aliphatic rings. The Morgan fingerprint density at radius 1 is 1.13 bits per heavy atom. The van der Waals surface area contributed by atoms with Crippen LogP contribution in [-0.2, 0) is 16.1 Å². The molecule has 154 valence electrons. The van der Waals surface area contributed by atoms with Gasteiger partial charge < -0.3 is 11.1 Å². The molecule has 2 aliphatic heterocycles. The number of nitrogens with two attached hydrogens (primary N) is 1. The van der Waals surface area contributed by atoms with Crippen molar-refractivity contribution >= 4 is 29.3 Å². The second kappa shape index (κ2) is 7.72. The Labute approximate surface area is 173 Å². The predicted octanol–water partition coefficient (Wildman–Crippen LogP) is 1.72. The van der Waals surface area contributed by atoms with Crippen LogP contribution >= 0.6 is 0 Å². The van der Waals surface area contributed by atoms with Gasteiger partial charge in [-0.2, -0.15) is 0 Å². The molecule has 1 unspecified atom stereocenters. The summed E-state index contributed by atoms with van der Waals surface area (Å²) < 4.78 is 0. The van der Waals surface area contributed by atoms with E-state index in [0.717, 1.165) is 16.2 Å². The summed E-state index contributed by atoms with van der Waals surface area (Å²) in [5.74, 6) is -2.03. The molecule has 1 saturated heterocycles. The standard InChI is InChI=1S/C22H22N4O4/c1-12(23)13-4-2-6-15(10-13)24-11-14-5-3-7-16-19(14)22(30)26(21(16)29)17-8-9-18(27)25-20(17)28/h2-7,10,12,17,24H,8-9,11,23H2,1H3,(H,25,27,28)/t12-,17?/m0/s1. The fraction of sp³-hybridized carbons (Fsp3) is 0.273. The molecule has 0 aromatic heterocycles. The topological polar surface area (TPSA) is 122 Å². The summed E-state index contributed by atoms with van der Waals surface area (Å²) in [6, 6.07) is 11.7. The number of anilines is 1. The minimum absolute atomic E-state index is 0.0914. The van der Waals surface area contributed by atoms with Gasteiger partial charge in [-0.15, -0.1) is 0 Å². The van der Waals surface area contributed by atoms with E-state index in [9.17, 15) is 19.2 Å². The average molecular weight is 406 g/mol. The summed E-state index contributed by atoms with van der Waals surface area (Å²) in [6.07, 6.45) is 0.224. The number of fused-ring (bicyclic) bond motifs is 1. The van der Waals surface area contributed by atoms with Gasteiger partial charge in [-0.3, -0.25) is 29.4 Å². The van der Waals surface area contributed by atoms with Crippen LogP contribution < -0.4 is 16.4 Å². The highest BCUT2D eigenvalue weighted by atomic mass is 16.2. The third-order valence-electron chi connectivity index (χ3n) is 5.45. The van der Waals surface area contributed by atoms with Crippen LogP contribution in [0, 0.1) is 0 Å². The molecule has 0 aliphatic carbocycles. The van der Waals surface area contributed by atoms with E-state index in [1.165, 1.54) is 0 Å². The van der Waals surface area contributed by atoms with Crippen molar-refractivity contribution in [2.45, 2.75) is 38.4 Å². The van der Waals surface area contributed by atoms with E-state index in [0.29, 0.717) is 17.7 Å². The number of carbonyl (C=O) groups is 4. The summed E-state index contributed by atoms with van der Waals surface area (Å²) in [6.45, 7) is 2.23. The number of hydrogen-bond acceptors (Lipinski definition) is 6. The van der Waals surface area contributed by atoms with Crippen molar-refractivity contribution in [3.8, 4) is 0 Å². The fourth-order valence-corrected chi connectivity index (χ4v) is 3.86. The van der Waals surface area contributed by atoms with Gasteiger partial charge in [0.05, 0.1) is 11.1 Å². The number of hydrogen-bond donors (Lipinski definition) is 3. The first-order valence-corrected chi connectivity index (χ1v) is 9.79. The van der Waals surface area contributed by atoms with Crippen molar-refractivity contribution in [3.05, 3.63) is 64.7 Å². The molecule has 2 atom stereocenters. The molecule has 1 fully saturated rings. The van der Waals surface area contributed by atoms with Gasteiger partial charge in [0, 0.05) is 24.7 Å². The molecule has 8 heteroatoms. The molecule has 4 amide bonds. The van der Waals surface area contributed by atoms with Crippen LogP contribution in [0.15, 0.2) is 42.5 Å². The maximum Gasteiger partial charge on any atom is 0.262 e. The second-order valence-corrected chi connectivity index (χ2v) is 7.55. The van der Waals surface area contributed by atoms with Crippen molar-refractivity contribution in [3.63, 3.8) is 0 Å². The predicted molar refractivity (Wildman–Crippen MR) is 109 cm³/mol. The van der Waals surface area contributed by atoms with Crippen LogP contribution in [0.2, 0.25) is 0 Å². The summed E-state index contributed by atoms with van der Waals surface area (Å²) in [4.78, 5) is 50.6. The Bertz CT molecular complexity index is 1060. The van der Waals surface area contributed by atoms with Crippen molar-refractivity contribution < 1.29 is 19.2 Å². The van der Waals surface area contributed by atoms with E-state index in [1.807, 2.05) is 31.2 Å². The monoisotopic (exact) mass is 406 g/mol. The Balaban J connectivity index is 1.58. The molecule has 8 nitrogen and oxygen atoms in total. The molecule has 0 spiro atoms. The summed E-state index contributed by atoms with van der Waals surface area (Å²) in [7, 11) is 0. The number of amides is 4. The van der Waals surface area contributed by atoms with Crippen LogP contribution in [0.1, 0.15) is 57.7 Å². The van der Waals surface area contributed by atoms with Gasteiger partial charge >= 0.3 is 0 Å². The fourth-order valence-electron chi connectivity index (χ4n) is 3.86. The third kappa shape index (κ3) is 3.46. The van der Waals surface area contributed by atoms with Gasteiger partial charge in [-0.05, 0) is 42.7 Å². The number of rotatable bonds is 5. The molecule has 0 radical (unpaired) electrons. The minimum atomic E-state index is -0.973. The molecule has 2 aromatic carbocycles. The molecule has 0 saturated carbocycles. The molecule has 4 rings (SSSR count). The first kappa shape index (κ1) is 19.8. The van der Waals surface area contributed by atoms with Crippen molar-refractivity contribution in [1.29, 1.82) is 0 Å². The number of piperidine rings is 1. The Morgan fingerprint density at radius 2 is 1.90 bits per heavy atom. The number of imide groups is 2. The molecule has 2 heterocycles. The Hall–Kier alpha value is -3.52. The lowest BCUT2D eigenvalue weighted by molar-refractivity contribution is -0.136. The van der Waals surface area contributed by atoms with Crippen molar-refractivity contribution in [2.24, 2.45) is 5.73 Å². The summed E-state index contributed by atoms with van der Waals surface area (Å²) >= 11 is 0. The van der Waals surface area contributed by atoms with E-state index < -0.39 is 29.7 Å². The minimum Gasteiger partial charge on any atom is -0.381 e. The first-order chi connectivity index (χ1) is 14.4. The lowest BCUT2D eigenvalue weighted by Gasteiger charge is -2.27. The van der Waals surface area contributed by atoms with Gasteiger partial charge in [-0.1, -0.05) is 24.3 Å². The molecule has 30 heavy (non-hydrogen) atoms. The van der Waals surface area contributed by atoms with Crippen LogP contribution in [0.3, 0.4) is 0 Å². The zero-order chi connectivity index (χ0) is 21.4. The van der Waals surface area contributed by atoms with E-state index in [4.69, 9.17) is 5.73 Å². The zero-order valence-electron chi connectivity index (χ0n) is 16.5. The molecule has 0 bridgehead atoms. The number of benzene rings is 2. The van der Waals surface area contributed by atoms with Crippen LogP contribution in [-0.4, -0.2) is 34.6 Å². The van der Waals surface area contributed by atoms with Crippen LogP contribution in [0.25, 0.3) is 0 Å². The molecular weight excluding hydrogens is 384 g/mol. The smallest absolute Gasteiger partial charge is 0.262 e. The van der Waals surface area contributed by atoms with Crippen molar-refractivity contribution in [1.82, 2.24) is 10.2 Å². The number of nitrogens with zero attached hydrogens (tertiary/aromatic N) is 1. The SMILES string of the molecule is C[C@H](N)c1cccc(NCc2cccc3c2C(=O)N(C2CCC(=O)NC2=O)C3=O)c1. The summed E-state index contributed by atoms with van der Waals surface area (Å²) in [5.41, 5.74) is 8.99. The normalized spacial score (nSPS) is 19.5. The highest BCUT2D eigenvalue weighted by Gasteiger charge is 2.45. The first-order valence-electron chi connectivity index (χ1n) is 9.79. The Morgan fingerprint density at radius 3 is 2.63 bits per heavy atom. The van der Waals surface area contributed by atoms with E-state index in [1.54, 1.807) is 18.2 Å². The van der Waals surface area contributed by atoms with Crippen LogP contribution in [0.5, 0.6) is 0 Å². The Kier molecular flexibility index (Phi) is 5.09.